The summed E-state index contributed by atoms with van der Waals surface area (Å²) in [6.45, 7) is 7.16. The van der Waals surface area contributed by atoms with Crippen molar-refractivity contribution in [3.05, 3.63) is 69.8 Å². The van der Waals surface area contributed by atoms with E-state index in [9.17, 15) is 18.4 Å². The van der Waals surface area contributed by atoms with Crippen LogP contribution in [-0.2, 0) is 20.9 Å². The summed E-state index contributed by atoms with van der Waals surface area (Å²) < 4.78 is 45.1. The van der Waals surface area contributed by atoms with E-state index in [1.807, 2.05) is 18.2 Å². The van der Waals surface area contributed by atoms with Gasteiger partial charge in [-0.15, -0.1) is 11.3 Å². The first-order valence-electron chi connectivity index (χ1n) is 11.4. The fraction of sp³-hybridized carbons (Fsp3) is 0.296. The summed E-state index contributed by atoms with van der Waals surface area (Å²) in [7, 11) is 2.61. The van der Waals surface area contributed by atoms with Crippen LogP contribution in [0.15, 0.2) is 41.5 Å². The lowest BCUT2D eigenvalue weighted by molar-refractivity contribution is -0.135. The highest BCUT2D eigenvalue weighted by molar-refractivity contribution is 7.14. The maximum absolute atomic E-state index is 14.5. The molecule has 0 spiro atoms. The monoisotopic (exact) mass is 546 g/mol. The zero-order valence-corrected chi connectivity index (χ0v) is 22.4. The lowest BCUT2D eigenvalue weighted by Gasteiger charge is -2.19. The van der Waals surface area contributed by atoms with Crippen LogP contribution in [0, 0.1) is 17.0 Å². The van der Waals surface area contributed by atoms with E-state index < -0.39 is 34.8 Å². The van der Waals surface area contributed by atoms with Gasteiger partial charge in [0.15, 0.2) is 5.13 Å². The third kappa shape index (κ3) is 7.14. The van der Waals surface area contributed by atoms with Gasteiger partial charge in [-0.1, -0.05) is 32.9 Å². The number of nitrogens with zero attached hydrogens (tertiary/aromatic N) is 1. The molecule has 0 radical (unpaired) electrons. The highest BCUT2D eigenvalue weighted by atomic mass is 32.1. The van der Waals surface area contributed by atoms with E-state index >= 15 is 0 Å². The SMILES string of the molecule is CO/C(=C/c1c(F)cc(C(=O)Nc2nc(-c3cccc(COCC(C)(C)C)c3OC)cs2)cc1F)C(=O)O. The number of ether oxygens (including phenoxy) is 3. The first-order chi connectivity index (χ1) is 17.9. The number of carboxylic acid groups (broad SMARTS) is 1. The highest BCUT2D eigenvalue weighted by Crippen LogP contribution is 2.35. The van der Waals surface area contributed by atoms with Crippen molar-refractivity contribution in [2.24, 2.45) is 5.41 Å². The molecule has 0 aliphatic heterocycles. The zero-order valence-electron chi connectivity index (χ0n) is 21.6. The number of aliphatic carboxylic acids is 1. The Morgan fingerprint density at radius 3 is 2.42 bits per heavy atom. The number of benzene rings is 2. The van der Waals surface area contributed by atoms with E-state index in [1.165, 1.54) is 0 Å². The summed E-state index contributed by atoms with van der Waals surface area (Å²) in [4.78, 5) is 28.2. The number of hydrogen-bond acceptors (Lipinski definition) is 7. The summed E-state index contributed by atoms with van der Waals surface area (Å²) in [5.41, 5.74) is 1.14. The van der Waals surface area contributed by atoms with Crippen molar-refractivity contribution in [1.29, 1.82) is 0 Å². The van der Waals surface area contributed by atoms with Gasteiger partial charge in [-0.25, -0.2) is 18.6 Å². The number of aromatic nitrogens is 1. The molecule has 2 aromatic carbocycles. The molecular weight excluding hydrogens is 518 g/mol. The number of anilines is 1. The third-order valence-electron chi connectivity index (χ3n) is 5.14. The molecule has 0 bridgehead atoms. The molecule has 202 valence electrons. The number of nitrogens with one attached hydrogen (secondary N) is 1. The first-order valence-corrected chi connectivity index (χ1v) is 12.3. The predicted molar refractivity (Wildman–Crippen MR) is 140 cm³/mol. The number of hydrogen-bond donors (Lipinski definition) is 2. The molecule has 2 N–H and O–H groups in total. The van der Waals surface area contributed by atoms with Crippen LogP contribution in [0.25, 0.3) is 17.3 Å². The molecule has 3 aromatic rings. The molecule has 0 saturated heterocycles. The Kier molecular flexibility index (Phi) is 9.18. The molecule has 8 nitrogen and oxygen atoms in total. The maximum atomic E-state index is 14.5. The van der Waals surface area contributed by atoms with Crippen molar-refractivity contribution < 1.29 is 37.7 Å². The number of carbonyl (C=O) groups excluding carboxylic acids is 1. The molecule has 0 aliphatic rings. The van der Waals surface area contributed by atoms with Crippen molar-refractivity contribution >= 4 is 34.4 Å². The number of rotatable bonds is 10. The normalized spacial score (nSPS) is 11.8. The second kappa shape index (κ2) is 12.1. The van der Waals surface area contributed by atoms with Crippen molar-refractivity contribution in [2.45, 2.75) is 27.4 Å². The van der Waals surface area contributed by atoms with Crippen LogP contribution < -0.4 is 10.1 Å². The smallest absolute Gasteiger partial charge is 0.371 e. The quantitative estimate of drug-likeness (QED) is 0.238. The summed E-state index contributed by atoms with van der Waals surface area (Å²) in [5.74, 6) is -4.60. The van der Waals surface area contributed by atoms with Gasteiger partial charge in [0.2, 0.25) is 5.76 Å². The van der Waals surface area contributed by atoms with Gasteiger partial charge in [-0.05, 0) is 23.6 Å². The molecule has 38 heavy (non-hydrogen) atoms. The topological polar surface area (TPSA) is 107 Å². The molecule has 1 aromatic heterocycles. The number of thiazole rings is 1. The Balaban J connectivity index is 1.80. The second-order valence-electron chi connectivity index (χ2n) is 9.41. The van der Waals surface area contributed by atoms with Crippen LogP contribution in [0.5, 0.6) is 5.75 Å². The molecule has 0 unspecified atom stereocenters. The van der Waals surface area contributed by atoms with Crippen molar-refractivity contribution in [3.63, 3.8) is 0 Å². The molecule has 11 heteroatoms. The predicted octanol–water partition coefficient (Wildman–Crippen LogP) is 5.98. The van der Waals surface area contributed by atoms with E-state index in [1.54, 1.807) is 12.5 Å². The van der Waals surface area contributed by atoms with E-state index in [-0.39, 0.29) is 16.1 Å². The fourth-order valence-electron chi connectivity index (χ4n) is 3.42. The largest absolute Gasteiger partial charge is 0.496 e. The second-order valence-corrected chi connectivity index (χ2v) is 10.3. The van der Waals surface area contributed by atoms with Gasteiger partial charge in [0.05, 0.1) is 33.1 Å². The van der Waals surface area contributed by atoms with E-state index in [4.69, 9.17) is 14.6 Å². The van der Waals surface area contributed by atoms with E-state index in [0.29, 0.717) is 36.3 Å². The van der Waals surface area contributed by atoms with Gasteiger partial charge in [0.1, 0.15) is 17.4 Å². The zero-order chi connectivity index (χ0) is 28.0. The minimum absolute atomic E-state index is 0.0149. The van der Waals surface area contributed by atoms with Crippen LogP contribution in [0.4, 0.5) is 13.9 Å². The van der Waals surface area contributed by atoms with Gasteiger partial charge in [0, 0.05) is 33.7 Å². The maximum Gasteiger partial charge on any atom is 0.371 e. The van der Waals surface area contributed by atoms with Crippen LogP contribution in [0.1, 0.15) is 42.3 Å². The molecule has 0 aliphatic carbocycles. The van der Waals surface area contributed by atoms with E-state index in [2.05, 4.69) is 35.8 Å². The van der Waals surface area contributed by atoms with Crippen LogP contribution in [0.3, 0.4) is 0 Å². The highest BCUT2D eigenvalue weighted by Gasteiger charge is 2.19. The Morgan fingerprint density at radius 1 is 1.16 bits per heavy atom. The standard InChI is InChI=1S/C27H28F2N2O6S/c1-27(2,3)14-37-12-15-7-6-8-17(23(15)36-5)21-13-38-26(30-21)31-24(32)16-9-19(28)18(20(29)10-16)11-22(35-4)25(33)34/h6-11,13H,12,14H2,1-5H3,(H,33,34)(H,30,31,32)/b22-11+. The van der Waals surface area contributed by atoms with Crippen LogP contribution in [0.2, 0.25) is 0 Å². The van der Waals surface area contributed by atoms with Gasteiger partial charge in [-0.3, -0.25) is 10.1 Å². The summed E-state index contributed by atoms with van der Waals surface area (Å²) >= 11 is 1.13. The number of para-hydroxylation sites is 1. The lowest BCUT2D eigenvalue weighted by Crippen LogP contribution is -2.14. The van der Waals surface area contributed by atoms with E-state index in [0.717, 1.165) is 36.1 Å². The Labute approximate surface area is 222 Å². The Morgan fingerprint density at radius 2 is 1.84 bits per heavy atom. The van der Waals surface area contributed by atoms with Crippen LogP contribution >= 0.6 is 11.3 Å². The molecular formula is C27H28F2N2O6S. The Hall–Kier alpha value is -3.83. The van der Waals surface area contributed by atoms with Crippen molar-refractivity contribution in [3.8, 4) is 17.0 Å². The Bertz CT molecular complexity index is 1340. The average Bonchev–Trinajstić information content (AvgIpc) is 3.30. The van der Waals surface area contributed by atoms with Gasteiger partial charge in [-0.2, -0.15) is 0 Å². The van der Waals surface area contributed by atoms with Crippen molar-refractivity contribution in [2.75, 3.05) is 26.1 Å². The van der Waals surface area contributed by atoms with Gasteiger partial charge >= 0.3 is 5.97 Å². The number of halogens is 2. The summed E-state index contributed by atoms with van der Waals surface area (Å²) in [6, 6.07) is 7.19. The minimum atomic E-state index is -1.49. The lowest BCUT2D eigenvalue weighted by atomic mass is 9.99. The molecule has 0 saturated carbocycles. The number of carbonyl (C=O) groups is 2. The van der Waals surface area contributed by atoms with Gasteiger partial charge < -0.3 is 19.3 Å². The summed E-state index contributed by atoms with van der Waals surface area (Å²) in [5, 5.41) is 13.5. The first kappa shape index (κ1) is 28.7. The molecule has 0 fully saturated rings. The third-order valence-corrected chi connectivity index (χ3v) is 5.90. The van der Waals surface area contributed by atoms with Crippen molar-refractivity contribution in [1.82, 2.24) is 4.98 Å². The number of carboxylic acids is 1. The number of methoxy groups -OCH3 is 2. The van der Waals surface area contributed by atoms with Crippen LogP contribution in [-0.4, -0.2) is 42.8 Å². The average molecular weight is 547 g/mol. The molecule has 0 atom stereocenters. The fourth-order valence-corrected chi connectivity index (χ4v) is 4.13. The summed E-state index contributed by atoms with van der Waals surface area (Å²) in [6.07, 6.45) is 0.706. The van der Waals surface area contributed by atoms with Gasteiger partial charge in [0.25, 0.3) is 5.91 Å². The number of amides is 1. The molecule has 1 heterocycles. The minimum Gasteiger partial charge on any atom is -0.496 e. The molecule has 3 rings (SSSR count). The molecule has 1 amide bonds.